The van der Waals surface area contributed by atoms with Gasteiger partial charge in [-0.1, -0.05) is 30.3 Å². The predicted molar refractivity (Wildman–Crippen MR) is 109 cm³/mol. The molecule has 29 heavy (non-hydrogen) atoms. The van der Waals surface area contributed by atoms with Gasteiger partial charge < -0.3 is 19.0 Å². The van der Waals surface area contributed by atoms with Gasteiger partial charge in [-0.15, -0.1) is 0 Å². The van der Waals surface area contributed by atoms with Crippen molar-refractivity contribution in [2.45, 2.75) is 25.9 Å². The minimum atomic E-state index is -0.948. The zero-order valence-electron chi connectivity index (χ0n) is 16.3. The Kier molecular flexibility index (Phi) is 5.67. The lowest BCUT2D eigenvalue weighted by Gasteiger charge is -2.30. The van der Waals surface area contributed by atoms with E-state index in [-0.39, 0.29) is 11.7 Å². The van der Waals surface area contributed by atoms with Crippen molar-refractivity contribution >= 4 is 5.97 Å². The zero-order chi connectivity index (χ0) is 20.2. The maximum atomic E-state index is 11.1. The molecule has 0 radical (unpaired) electrons. The highest BCUT2D eigenvalue weighted by Gasteiger charge is 2.30. The molecule has 150 valence electrons. The summed E-state index contributed by atoms with van der Waals surface area (Å²) in [5.74, 6) is 1.65. The molecule has 1 aliphatic rings. The van der Waals surface area contributed by atoms with Gasteiger partial charge in [0.2, 0.25) is 0 Å². The normalized spacial score (nSPS) is 15.8. The van der Waals surface area contributed by atoms with E-state index in [0.717, 1.165) is 35.5 Å². The van der Waals surface area contributed by atoms with Gasteiger partial charge >= 0.3 is 5.97 Å². The highest BCUT2D eigenvalue weighted by atomic mass is 16.5. The van der Waals surface area contributed by atoms with Crippen molar-refractivity contribution < 1.29 is 23.8 Å². The van der Waals surface area contributed by atoms with Crippen LogP contribution in [0.3, 0.4) is 0 Å². The van der Waals surface area contributed by atoms with Gasteiger partial charge in [-0.2, -0.15) is 0 Å². The first-order valence-electron chi connectivity index (χ1n) is 9.85. The van der Waals surface area contributed by atoms with Gasteiger partial charge in [0.05, 0.1) is 5.56 Å². The Morgan fingerprint density at radius 2 is 1.76 bits per heavy atom. The van der Waals surface area contributed by atoms with Crippen LogP contribution in [0.5, 0.6) is 5.75 Å². The smallest absolute Gasteiger partial charge is 0.335 e. The molecule has 1 fully saturated rings. The second-order valence-corrected chi connectivity index (χ2v) is 7.31. The summed E-state index contributed by atoms with van der Waals surface area (Å²) in [6.07, 6.45) is 1.63. The molecular weight excluding hydrogens is 368 g/mol. The molecule has 4 rings (SSSR count). The number of hydrogen-bond donors (Lipinski definition) is 1. The predicted octanol–water partition coefficient (Wildman–Crippen LogP) is 5.50. The molecular formula is C24H24O5. The standard InChI is InChI=1S/C24H24O5/c1-16-21(15-22(28-16)17-5-3-2-4-6-17)23(18-11-13-27-14-12-18)29-20-9-7-19(8-10-20)24(25)26/h2-10,15,18,23H,11-14H2,1H3,(H,25,26). The first-order valence-corrected chi connectivity index (χ1v) is 9.85. The van der Waals surface area contributed by atoms with Crippen molar-refractivity contribution in [1.29, 1.82) is 0 Å². The van der Waals surface area contributed by atoms with Gasteiger partial charge in [-0.3, -0.25) is 0 Å². The lowest BCUT2D eigenvalue weighted by atomic mass is 9.89. The molecule has 1 aliphatic heterocycles. The maximum Gasteiger partial charge on any atom is 0.335 e. The average Bonchev–Trinajstić information content (AvgIpc) is 3.15. The Labute approximate surface area is 169 Å². The van der Waals surface area contributed by atoms with Crippen molar-refractivity contribution in [2.75, 3.05) is 13.2 Å². The zero-order valence-corrected chi connectivity index (χ0v) is 16.3. The van der Waals surface area contributed by atoms with Gasteiger partial charge in [-0.25, -0.2) is 4.79 Å². The van der Waals surface area contributed by atoms with Crippen LogP contribution >= 0.6 is 0 Å². The van der Waals surface area contributed by atoms with Crippen LogP contribution in [-0.4, -0.2) is 24.3 Å². The lowest BCUT2D eigenvalue weighted by Crippen LogP contribution is -2.26. The topological polar surface area (TPSA) is 68.9 Å². The van der Waals surface area contributed by atoms with E-state index in [9.17, 15) is 4.79 Å². The summed E-state index contributed by atoms with van der Waals surface area (Å²) < 4.78 is 18.0. The maximum absolute atomic E-state index is 11.1. The van der Waals surface area contributed by atoms with E-state index in [4.69, 9.17) is 19.0 Å². The summed E-state index contributed by atoms with van der Waals surface area (Å²) in [5, 5.41) is 9.12. The molecule has 0 spiro atoms. The largest absolute Gasteiger partial charge is 0.485 e. The number of aromatic carboxylic acids is 1. The molecule has 2 aromatic carbocycles. The molecule has 0 aliphatic carbocycles. The molecule has 2 heterocycles. The van der Waals surface area contributed by atoms with E-state index in [1.807, 2.05) is 37.3 Å². The van der Waals surface area contributed by atoms with Gasteiger partial charge in [0.25, 0.3) is 0 Å². The monoisotopic (exact) mass is 392 g/mol. The first kappa shape index (κ1) is 19.3. The highest BCUT2D eigenvalue weighted by Crippen LogP contribution is 2.39. The Bertz CT molecular complexity index is 953. The van der Waals surface area contributed by atoms with Crippen LogP contribution in [0.4, 0.5) is 0 Å². The average molecular weight is 392 g/mol. The molecule has 5 heteroatoms. The van der Waals surface area contributed by atoms with Gasteiger partial charge in [-0.05, 0) is 50.1 Å². The second-order valence-electron chi connectivity index (χ2n) is 7.31. The van der Waals surface area contributed by atoms with Crippen LogP contribution in [0.25, 0.3) is 11.3 Å². The molecule has 1 N–H and O–H groups in total. The molecule has 0 amide bonds. The van der Waals surface area contributed by atoms with Crippen LogP contribution in [0.2, 0.25) is 0 Å². The molecule has 5 nitrogen and oxygen atoms in total. The number of carboxylic acids is 1. The van der Waals surface area contributed by atoms with E-state index in [2.05, 4.69) is 6.07 Å². The number of furan rings is 1. The molecule has 0 saturated carbocycles. The molecule has 1 unspecified atom stereocenters. The van der Waals surface area contributed by atoms with E-state index >= 15 is 0 Å². The number of carboxylic acid groups (broad SMARTS) is 1. The van der Waals surface area contributed by atoms with Gasteiger partial charge in [0.1, 0.15) is 23.4 Å². The van der Waals surface area contributed by atoms with E-state index in [1.54, 1.807) is 24.3 Å². The number of aryl methyl sites for hydroxylation is 1. The van der Waals surface area contributed by atoms with Crippen molar-refractivity contribution in [3.05, 3.63) is 77.6 Å². The summed E-state index contributed by atoms with van der Waals surface area (Å²) in [6, 6.07) is 18.6. The SMILES string of the molecule is Cc1oc(-c2ccccc2)cc1C(Oc1ccc(C(=O)O)cc1)C1CCOCC1. The minimum absolute atomic E-state index is 0.184. The molecule has 1 aromatic heterocycles. The molecule has 1 atom stereocenters. The Morgan fingerprint density at radius 3 is 2.41 bits per heavy atom. The van der Waals surface area contributed by atoms with Crippen LogP contribution in [0.1, 0.15) is 40.6 Å². The molecule has 1 saturated heterocycles. The fourth-order valence-corrected chi connectivity index (χ4v) is 3.78. The number of ether oxygens (including phenoxy) is 2. The van der Waals surface area contributed by atoms with Crippen molar-refractivity contribution in [3.63, 3.8) is 0 Å². The van der Waals surface area contributed by atoms with Gasteiger partial charge in [0, 0.05) is 30.3 Å². The number of hydrogen-bond acceptors (Lipinski definition) is 4. The quantitative estimate of drug-likeness (QED) is 0.600. The van der Waals surface area contributed by atoms with Crippen molar-refractivity contribution in [3.8, 4) is 17.1 Å². The van der Waals surface area contributed by atoms with Crippen molar-refractivity contribution in [2.24, 2.45) is 5.92 Å². The summed E-state index contributed by atoms with van der Waals surface area (Å²) in [7, 11) is 0. The van der Waals surface area contributed by atoms with E-state index in [1.165, 1.54) is 0 Å². The number of benzene rings is 2. The third-order valence-electron chi connectivity index (χ3n) is 5.38. The molecule has 3 aromatic rings. The van der Waals surface area contributed by atoms with Gasteiger partial charge in [0.15, 0.2) is 0 Å². The Morgan fingerprint density at radius 1 is 1.07 bits per heavy atom. The second kappa shape index (κ2) is 8.53. The van der Waals surface area contributed by atoms with Crippen LogP contribution < -0.4 is 4.74 Å². The fourth-order valence-electron chi connectivity index (χ4n) is 3.78. The van der Waals surface area contributed by atoms with Crippen LogP contribution in [-0.2, 0) is 4.74 Å². The lowest BCUT2D eigenvalue weighted by molar-refractivity contribution is 0.0167. The highest BCUT2D eigenvalue weighted by molar-refractivity contribution is 5.87. The number of carbonyl (C=O) groups is 1. The third-order valence-corrected chi connectivity index (χ3v) is 5.38. The van der Waals surface area contributed by atoms with E-state index < -0.39 is 5.97 Å². The fraction of sp³-hybridized carbons (Fsp3) is 0.292. The van der Waals surface area contributed by atoms with Crippen LogP contribution in [0, 0.1) is 12.8 Å². The Balaban J connectivity index is 1.65. The first-order chi connectivity index (χ1) is 14.1. The summed E-state index contributed by atoms with van der Waals surface area (Å²) in [6.45, 7) is 3.39. The summed E-state index contributed by atoms with van der Waals surface area (Å²) >= 11 is 0. The Hall–Kier alpha value is -3.05. The third kappa shape index (κ3) is 4.35. The molecule has 0 bridgehead atoms. The minimum Gasteiger partial charge on any atom is -0.485 e. The van der Waals surface area contributed by atoms with Crippen molar-refractivity contribution in [1.82, 2.24) is 0 Å². The van der Waals surface area contributed by atoms with Crippen LogP contribution in [0.15, 0.2) is 65.1 Å². The van der Waals surface area contributed by atoms with E-state index in [0.29, 0.717) is 24.9 Å². The summed E-state index contributed by atoms with van der Waals surface area (Å²) in [5.41, 5.74) is 2.29. The number of rotatable bonds is 6. The summed E-state index contributed by atoms with van der Waals surface area (Å²) in [4.78, 5) is 11.1.